The minimum absolute atomic E-state index is 0.120. The fourth-order valence-electron chi connectivity index (χ4n) is 1.97. The Morgan fingerprint density at radius 3 is 2.86 bits per heavy atom. The molecule has 8 heteroatoms. The van der Waals surface area contributed by atoms with Crippen LogP contribution in [0.25, 0.3) is 0 Å². The SMILES string of the molecule is CNc1c(C(=O)N(C)Cc2cscn2)cccc1[N+](=O)[O-]. The number of carbonyl (C=O) groups is 1. The van der Waals surface area contributed by atoms with Gasteiger partial charge in [0, 0.05) is 25.5 Å². The van der Waals surface area contributed by atoms with Gasteiger partial charge in [0.1, 0.15) is 5.69 Å². The lowest BCUT2D eigenvalue weighted by Crippen LogP contribution is -2.27. The van der Waals surface area contributed by atoms with Crippen LogP contribution in [0.2, 0.25) is 0 Å². The Bertz CT molecular complexity index is 657. The number of nitro groups is 1. The zero-order chi connectivity index (χ0) is 15.4. The standard InChI is InChI=1S/C13H14N4O3S/c1-14-12-10(4-3-5-11(12)17(19)20)13(18)16(2)6-9-7-21-8-15-9/h3-5,7-8,14H,6H2,1-2H3. The van der Waals surface area contributed by atoms with Gasteiger partial charge in [-0.1, -0.05) is 6.07 Å². The Labute approximate surface area is 125 Å². The second-order valence-corrected chi connectivity index (χ2v) is 5.07. The first-order valence-corrected chi connectivity index (χ1v) is 7.06. The molecule has 110 valence electrons. The van der Waals surface area contributed by atoms with Crippen molar-refractivity contribution in [2.24, 2.45) is 0 Å². The molecule has 0 spiro atoms. The normalized spacial score (nSPS) is 10.2. The van der Waals surface area contributed by atoms with Crippen molar-refractivity contribution >= 4 is 28.6 Å². The van der Waals surface area contributed by atoms with Crippen LogP contribution in [0, 0.1) is 10.1 Å². The third-order valence-electron chi connectivity index (χ3n) is 2.95. The monoisotopic (exact) mass is 306 g/mol. The summed E-state index contributed by atoms with van der Waals surface area (Å²) in [4.78, 5) is 28.6. The first-order valence-electron chi connectivity index (χ1n) is 6.12. The van der Waals surface area contributed by atoms with E-state index in [2.05, 4.69) is 10.3 Å². The number of thiazole rings is 1. The van der Waals surface area contributed by atoms with Crippen LogP contribution in [0.15, 0.2) is 29.1 Å². The molecule has 1 aromatic heterocycles. The van der Waals surface area contributed by atoms with Crippen LogP contribution in [0.4, 0.5) is 11.4 Å². The van der Waals surface area contributed by atoms with Crippen molar-refractivity contribution in [1.82, 2.24) is 9.88 Å². The quantitative estimate of drug-likeness (QED) is 0.676. The van der Waals surface area contributed by atoms with Crippen LogP contribution >= 0.6 is 11.3 Å². The van der Waals surface area contributed by atoms with E-state index in [1.807, 2.05) is 5.38 Å². The lowest BCUT2D eigenvalue weighted by Gasteiger charge is -2.18. The summed E-state index contributed by atoms with van der Waals surface area (Å²) >= 11 is 1.45. The van der Waals surface area contributed by atoms with Gasteiger partial charge < -0.3 is 10.2 Å². The Kier molecular flexibility index (Phi) is 4.49. The largest absolute Gasteiger partial charge is 0.382 e. The molecule has 1 heterocycles. The fraction of sp³-hybridized carbons (Fsp3) is 0.231. The summed E-state index contributed by atoms with van der Waals surface area (Å²) in [6.45, 7) is 0.355. The highest BCUT2D eigenvalue weighted by molar-refractivity contribution is 7.07. The molecule has 2 rings (SSSR count). The molecule has 7 nitrogen and oxygen atoms in total. The Morgan fingerprint density at radius 1 is 1.52 bits per heavy atom. The summed E-state index contributed by atoms with van der Waals surface area (Å²) in [5.74, 6) is -0.295. The van der Waals surface area contributed by atoms with E-state index < -0.39 is 4.92 Å². The molecule has 0 atom stereocenters. The van der Waals surface area contributed by atoms with Gasteiger partial charge in [-0.25, -0.2) is 4.98 Å². The maximum Gasteiger partial charge on any atom is 0.293 e. The molecule has 0 saturated carbocycles. The summed E-state index contributed by atoms with van der Waals surface area (Å²) in [5.41, 5.74) is 2.85. The molecule has 0 aliphatic heterocycles. The third kappa shape index (κ3) is 3.16. The number of carbonyl (C=O) groups excluding carboxylic acids is 1. The first kappa shape index (κ1) is 14.9. The molecule has 0 saturated heterocycles. The summed E-state index contributed by atoms with van der Waals surface area (Å²) in [6.07, 6.45) is 0. The smallest absolute Gasteiger partial charge is 0.293 e. The predicted molar refractivity (Wildman–Crippen MR) is 80.6 cm³/mol. The number of nitro benzene ring substituents is 1. The highest BCUT2D eigenvalue weighted by atomic mass is 32.1. The molecule has 0 unspecified atom stereocenters. The zero-order valence-electron chi connectivity index (χ0n) is 11.6. The summed E-state index contributed by atoms with van der Waals surface area (Å²) < 4.78 is 0. The molecule has 2 aromatic rings. The van der Waals surface area contributed by atoms with Gasteiger partial charge in [0.05, 0.1) is 28.2 Å². The van der Waals surface area contributed by atoms with Gasteiger partial charge in [0.25, 0.3) is 11.6 Å². The van der Waals surface area contributed by atoms with Crippen LogP contribution in [0.3, 0.4) is 0 Å². The van der Waals surface area contributed by atoms with Crippen molar-refractivity contribution in [3.05, 3.63) is 50.5 Å². The highest BCUT2D eigenvalue weighted by Gasteiger charge is 2.23. The molecule has 0 aliphatic carbocycles. The van der Waals surface area contributed by atoms with Crippen LogP contribution in [-0.2, 0) is 6.54 Å². The molecule has 1 amide bonds. The van der Waals surface area contributed by atoms with Crippen molar-refractivity contribution < 1.29 is 9.72 Å². The maximum atomic E-state index is 12.5. The highest BCUT2D eigenvalue weighted by Crippen LogP contribution is 2.28. The Morgan fingerprint density at radius 2 is 2.29 bits per heavy atom. The van der Waals surface area contributed by atoms with Gasteiger partial charge in [-0.15, -0.1) is 11.3 Å². The lowest BCUT2D eigenvalue weighted by atomic mass is 10.1. The number of benzene rings is 1. The first-order chi connectivity index (χ1) is 10.0. The number of nitrogens with one attached hydrogen (secondary N) is 1. The second kappa shape index (κ2) is 6.31. The molecule has 0 aliphatic rings. The van der Waals surface area contributed by atoms with Crippen molar-refractivity contribution in [1.29, 1.82) is 0 Å². The number of rotatable bonds is 5. The van der Waals surface area contributed by atoms with E-state index in [9.17, 15) is 14.9 Å². The van der Waals surface area contributed by atoms with E-state index >= 15 is 0 Å². The number of hydrogen-bond donors (Lipinski definition) is 1. The van der Waals surface area contributed by atoms with Gasteiger partial charge in [-0.3, -0.25) is 14.9 Å². The topological polar surface area (TPSA) is 88.4 Å². The summed E-state index contributed by atoms with van der Waals surface area (Å²) in [6, 6.07) is 4.44. The average Bonchev–Trinajstić information content (AvgIpc) is 2.98. The molecule has 21 heavy (non-hydrogen) atoms. The summed E-state index contributed by atoms with van der Waals surface area (Å²) in [5, 5.41) is 15.6. The number of nitrogens with zero attached hydrogens (tertiary/aromatic N) is 3. The maximum absolute atomic E-state index is 12.5. The van der Waals surface area contributed by atoms with E-state index in [1.54, 1.807) is 25.7 Å². The third-order valence-corrected chi connectivity index (χ3v) is 3.58. The predicted octanol–water partition coefficient (Wildman–Crippen LogP) is 2.37. The van der Waals surface area contributed by atoms with Crippen molar-refractivity contribution in [3.63, 3.8) is 0 Å². The molecule has 0 bridgehead atoms. The lowest BCUT2D eigenvalue weighted by molar-refractivity contribution is -0.384. The Hall–Kier alpha value is -2.48. The van der Waals surface area contributed by atoms with Crippen LogP contribution < -0.4 is 5.32 Å². The zero-order valence-corrected chi connectivity index (χ0v) is 12.4. The van der Waals surface area contributed by atoms with Gasteiger partial charge in [-0.05, 0) is 6.07 Å². The molecule has 0 radical (unpaired) electrons. The molecule has 1 N–H and O–H groups in total. The van der Waals surface area contributed by atoms with Crippen molar-refractivity contribution in [3.8, 4) is 0 Å². The fourth-order valence-corrected chi connectivity index (χ4v) is 2.52. The molecule has 0 fully saturated rings. The van der Waals surface area contributed by atoms with E-state index in [-0.39, 0.29) is 22.8 Å². The van der Waals surface area contributed by atoms with Crippen LogP contribution in [-0.4, -0.2) is 34.8 Å². The van der Waals surface area contributed by atoms with Gasteiger partial charge in [0.15, 0.2) is 0 Å². The number of amides is 1. The van der Waals surface area contributed by atoms with E-state index in [4.69, 9.17) is 0 Å². The van der Waals surface area contributed by atoms with Gasteiger partial charge in [0.2, 0.25) is 0 Å². The average molecular weight is 306 g/mol. The number of hydrogen-bond acceptors (Lipinski definition) is 6. The van der Waals surface area contributed by atoms with Crippen molar-refractivity contribution in [2.75, 3.05) is 19.4 Å². The number of aromatic nitrogens is 1. The molecule has 1 aromatic carbocycles. The summed E-state index contributed by atoms with van der Waals surface area (Å²) in [7, 11) is 3.19. The number of anilines is 1. The van der Waals surface area contributed by atoms with E-state index in [0.29, 0.717) is 6.54 Å². The van der Waals surface area contributed by atoms with E-state index in [0.717, 1.165) is 5.69 Å². The van der Waals surface area contributed by atoms with E-state index in [1.165, 1.54) is 28.4 Å². The molecular formula is C13H14N4O3S. The van der Waals surface area contributed by atoms with Gasteiger partial charge >= 0.3 is 0 Å². The van der Waals surface area contributed by atoms with Gasteiger partial charge in [-0.2, -0.15) is 0 Å². The van der Waals surface area contributed by atoms with Crippen molar-refractivity contribution in [2.45, 2.75) is 6.54 Å². The number of para-hydroxylation sites is 1. The molecular weight excluding hydrogens is 292 g/mol. The Balaban J connectivity index is 2.30. The van der Waals surface area contributed by atoms with Crippen LogP contribution in [0.5, 0.6) is 0 Å². The second-order valence-electron chi connectivity index (χ2n) is 4.35. The minimum Gasteiger partial charge on any atom is -0.382 e. The van der Waals surface area contributed by atoms with Crippen LogP contribution in [0.1, 0.15) is 16.1 Å². The minimum atomic E-state index is -0.511.